The number of hydrogen-bond acceptors (Lipinski definition) is 10. The first-order chi connectivity index (χ1) is 26.8. The Bertz CT molecular complexity index is 1890. The van der Waals surface area contributed by atoms with Crippen molar-refractivity contribution in [2.75, 3.05) is 20.0 Å². The highest BCUT2D eigenvalue weighted by atomic mass is 16.7. The van der Waals surface area contributed by atoms with E-state index in [1.165, 1.54) is 0 Å². The zero-order valence-electron chi connectivity index (χ0n) is 30.9. The molecule has 0 spiro atoms. The maximum absolute atomic E-state index is 13.0. The Kier molecular flexibility index (Phi) is 14.8. The van der Waals surface area contributed by atoms with E-state index in [1.54, 1.807) is 48.5 Å². The van der Waals surface area contributed by atoms with Crippen molar-refractivity contribution in [3.05, 3.63) is 145 Å². The number of carbonyl (C=O) groups excluding carboxylic acids is 4. The van der Waals surface area contributed by atoms with Gasteiger partial charge < -0.3 is 28.4 Å². The topological polar surface area (TPSA) is 124 Å². The Morgan fingerprint density at radius 3 is 1.44 bits per heavy atom. The van der Waals surface area contributed by atoms with Gasteiger partial charge in [0, 0.05) is 17.6 Å². The first kappa shape index (κ1) is 40.0. The molecule has 1 saturated carbocycles. The van der Waals surface area contributed by atoms with E-state index in [4.69, 9.17) is 28.4 Å². The van der Waals surface area contributed by atoms with Crippen molar-refractivity contribution in [1.82, 2.24) is 0 Å². The number of carbonyl (C=O) groups is 4. The molecule has 0 amide bonds. The average Bonchev–Trinajstić information content (AvgIpc) is 3.22. The van der Waals surface area contributed by atoms with Crippen LogP contribution in [0.2, 0.25) is 0 Å². The van der Waals surface area contributed by atoms with Crippen molar-refractivity contribution in [3.8, 4) is 23.0 Å². The van der Waals surface area contributed by atoms with E-state index in [-0.39, 0.29) is 12.2 Å². The summed E-state index contributed by atoms with van der Waals surface area (Å²) in [5.41, 5.74) is 2.80. The van der Waals surface area contributed by atoms with Crippen LogP contribution in [0.3, 0.4) is 0 Å². The third-order valence-electron chi connectivity index (χ3n) is 9.43. The molecule has 0 atom stereocenters. The minimum Gasteiger partial charge on any atom is -0.494 e. The fraction of sp³-hybridized carbons (Fsp3) is 0.289. The summed E-state index contributed by atoms with van der Waals surface area (Å²) in [4.78, 5) is 48.1. The second-order valence-corrected chi connectivity index (χ2v) is 13.1. The number of ether oxygens (including phenoxy) is 6. The number of rotatable bonds is 19. The second-order valence-electron chi connectivity index (χ2n) is 13.1. The monoisotopic (exact) mass is 746 g/mol. The van der Waals surface area contributed by atoms with Gasteiger partial charge in [0.25, 0.3) is 0 Å². The molecular weight excluding hydrogens is 700 g/mol. The van der Waals surface area contributed by atoms with Crippen LogP contribution in [-0.2, 0) is 24.5 Å². The molecule has 10 heteroatoms. The first-order valence-corrected chi connectivity index (χ1v) is 18.5. The summed E-state index contributed by atoms with van der Waals surface area (Å²) in [5, 5.41) is 0. The summed E-state index contributed by atoms with van der Waals surface area (Å²) in [6.07, 6.45) is 11.0. The van der Waals surface area contributed by atoms with Gasteiger partial charge in [0.2, 0.25) is 6.79 Å². The van der Waals surface area contributed by atoms with Crippen LogP contribution in [0.15, 0.2) is 122 Å². The SMILES string of the molecule is C=CC(=O)OCCCCCCOc1ccc(C(=O)Oc2ccc(C3(c4ccc(OC(=O)c5ccc(OCOC(=O)C=C)cc5)cc4)CCCCC3)cc2)cc1. The lowest BCUT2D eigenvalue weighted by atomic mass is 9.65. The molecule has 4 aromatic rings. The lowest BCUT2D eigenvalue weighted by Crippen LogP contribution is -2.30. The van der Waals surface area contributed by atoms with E-state index in [0.717, 1.165) is 81.1 Å². The summed E-state index contributed by atoms with van der Waals surface area (Å²) in [6, 6.07) is 28.6. The van der Waals surface area contributed by atoms with Crippen molar-refractivity contribution in [3.63, 3.8) is 0 Å². The molecule has 1 fully saturated rings. The Morgan fingerprint density at radius 1 is 0.509 bits per heavy atom. The molecule has 1 aliphatic rings. The largest absolute Gasteiger partial charge is 0.494 e. The molecule has 0 radical (unpaired) electrons. The van der Waals surface area contributed by atoms with Gasteiger partial charge in [-0.3, -0.25) is 0 Å². The fourth-order valence-corrected chi connectivity index (χ4v) is 6.48. The Labute approximate surface area is 321 Å². The van der Waals surface area contributed by atoms with E-state index in [2.05, 4.69) is 13.2 Å². The highest BCUT2D eigenvalue weighted by molar-refractivity contribution is 5.91. The summed E-state index contributed by atoms with van der Waals surface area (Å²) in [6.45, 7) is 7.38. The van der Waals surface area contributed by atoms with Gasteiger partial charge in [0.1, 0.15) is 23.0 Å². The summed E-state index contributed by atoms with van der Waals surface area (Å²) in [5.74, 6) is 0.0336. The Hall–Kier alpha value is -6.16. The molecule has 0 unspecified atom stereocenters. The van der Waals surface area contributed by atoms with Crippen molar-refractivity contribution in [2.24, 2.45) is 0 Å². The quantitative estimate of drug-likeness (QED) is 0.0302. The first-order valence-electron chi connectivity index (χ1n) is 18.5. The molecule has 0 bridgehead atoms. The van der Waals surface area contributed by atoms with Crippen LogP contribution in [0.5, 0.6) is 23.0 Å². The van der Waals surface area contributed by atoms with Gasteiger partial charge in [-0.25, -0.2) is 19.2 Å². The van der Waals surface area contributed by atoms with Gasteiger partial charge in [0.05, 0.1) is 24.3 Å². The molecule has 1 aliphatic carbocycles. The fourth-order valence-electron chi connectivity index (χ4n) is 6.48. The molecule has 10 nitrogen and oxygen atoms in total. The summed E-state index contributed by atoms with van der Waals surface area (Å²) < 4.78 is 32.3. The highest BCUT2D eigenvalue weighted by Gasteiger charge is 2.35. The standard InChI is InChI=1S/C45H46O10/c1-3-41(46)51-31-11-6-5-10-30-50-37-20-12-33(13-21-37)43(48)54-39-24-16-35(17-25-39)45(28-8-7-9-29-45)36-18-26-40(27-19-36)55-44(49)34-14-22-38(23-15-34)52-32-53-42(47)4-2/h3-4,12-27H,1-2,5-11,28-32H2. The predicted molar refractivity (Wildman–Crippen MR) is 206 cm³/mol. The van der Waals surface area contributed by atoms with E-state index < -0.39 is 23.9 Å². The third kappa shape index (κ3) is 11.7. The van der Waals surface area contributed by atoms with Gasteiger partial charge in [-0.05, 0) is 122 Å². The molecular formula is C45H46O10. The van der Waals surface area contributed by atoms with Gasteiger partial charge in [-0.1, -0.05) is 56.7 Å². The van der Waals surface area contributed by atoms with E-state index in [9.17, 15) is 19.2 Å². The number of esters is 4. The second kappa shape index (κ2) is 20.3. The predicted octanol–water partition coefficient (Wildman–Crippen LogP) is 9.11. The van der Waals surface area contributed by atoms with Crippen LogP contribution < -0.4 is 18.9 Å². The van der Waals surface area contributed by atoms with E-state index >= 15 is 0 Å². The van der Waals surface area contributed by atoms with Crippen LogP contribution in [-0.4, -0.2) is 43.9 Å². The van der Waals surface area contributed by atoms with E-state index in [0.29, 0.717) is 47.3 Å². The molecule has 0 N–H and O–H groups in total. The molecule has 0 aromatic heterocycles. The smallest absolute Gasteiger partial charge is 0.343 e. The van der Waals surface area contributed by atoms with Crippen LogP contribution in [0.4, 0.5) is 0 Å². The molecule has 0 saturated heterocycles. The molecule has 4 aromatic carbocycles. The minimum atomic E-state index is -0.591. The zero-order valence-corrected chi connectivity index (χ0v) is 30.9. The molecule has 0 heterocycles. The highest BCUT2D eigenvalue weighted by Crippen LogP contribution is 2.45. The van der Waals surface area contributed by atoms with Crippen LogP contribution in [0.1, 0.15) is 89.6 Å². The number of unbranched alkanes of at least 4 members (excludes halogenated alkanes) is 3. The van der Waals surface area contributed by atoms with Crippen LogP contribution in [0, 0.1) is 0 Å². The van der Waals surface area contributed by atoms with Gasteiger partial charge in [0.15, 0.2) is 0 Å². The molecule has 55 heavy (non-hydrogen) atoms. The summed E-state index contributed by atoms with van der Waals surface area (Å²) in [7, 11) is 0. The van der Waals surface area contributed by atoms with Gasteiger partial charge >= 0.3 is 23.9 Å². The van der Waals surface area contributed by atoms with Crippen molar-refractivity contribution < 1.29 is 47.6 Å². The average molecular weight is 747 g/mol. The lowest BCUT2D eigenvalue weighted by molar-refractivity contribution is -0.144. The zero-order chi connectivity index (χ0) is 38.9. The summed E-state index contributed by atoms with van der Waals surface area (Å²) >= 11 is 0. The molecule has 5 rings (SSSR count). The number of hydrogen-bond donors (Lipinski definition) is 0. The molecule has 0 aliphatic heterocycles. The third-order valence-corrected chi connectivity index (χ3v) is 9.43. The van der Waals surface area contributed by atoms with Crippen molar-refractivity contribution in [1.29, 1.82) is 0 Å². The van der Waals surface area contributed by atoms with Gasteiger partial charge in [-0.2, -0.15) is 0 Å². The lowest BCUT2D eigenvalue weighted by Gasteiger charge is -2.38. The number of benzene rings is 4. The van der Waals surface area contributed by atoms with Crippen LogP contribution >= 0.6 is 0 Å². The van der Waals surface area contributed by atoms with Crippen molar-refractivity contribution in [2.45, 2.75) is 63.2 Å². The van der Waals surface area contributed by atoms with Crippen LogP contribution in [0.25, 0.3) is 0 Å². The van der Waals surface area contributed by atoms with Gasteiger partial charge in [-0.15, -0.1) is 0 Å². The normalized spacial score (nSPS) is 13.1. The van der Waals surface area contributed by atoms with E-state index in [1.807, 2.05) is 48.5 Å². The Balaban J connectivity index is 1.12. The maximum atomic E-state index is 13.0. The maximum Gasteiger partial charge on any atom is 0.343 e. The molecule has 286 valence electrons. The minimum absolute atomic E-state index is 0.227. The van der Waals surface area contributed by atoms with Crippen molar-refractivity contribution >= 4 is 23.9 Å². The Morgan fingerprint density at radius 2 is 0.945 bits per heavy atom.